The molecule has 1 aromatic rings. The maximum atomic E-state index is 12.9. The fraction of sp³-hybridized carbons (Fsp3) is 0.765. The number of carbonyl (C=O) groups is 2. The van der Waals surface area contributed by atoms with Crippen LogP contribution in [0.4, 0.5) is 0 Å². The number of thiol groups is 1. The van der Waals surface area contributed by atoms with Crippen LogP contribution in [-0.4, -0.2) is 36.3 Å². The van der Waals surface area contributed by atoms with Gasteiger partial charge in [0.15, 0.2) is 0 Å². The van der Waals surface area contributed by atoms with Gasteiger partial charge in [-0.3, -0.25) is 4.79 Å². The van der Waals surface area contributed by atoms with Crippen LogP contribution in [0.2, 0.25) is 0 Å². The minimum Gasteiger partial charge on any atom is -0.459 e. The van der Waals surface area contributed by atoms with E-state index in [4.69, 9.17) is 4.74 Å². The van der Waals surface area contributed by atoms with Gasteiger partial charge in [-0.15, -0.1) is 0 Å². The molecular formula is C34H60N2O3S. The number of carbonyl (C=O) groups excluding carboxylic acids is 2. The van der Waals surface area contributed by atoms with Gasteiger partial charge < -0.3 is 15.4 Å². The van der Waals surface area contributed by atoms with Gasteiger partial charge in [-0.2, -0.15) is 12.6 Å². The third kappa shape index (κ3) is 19.5. The topological polar surface area (TPSA) is 67.4 Å². The molecule has 0 spiro atoms. The molecule has 0 aliphatic rings. The summed E-state index contributed by atoms with van der Waals surface area (Å²) in [7, 11) is 0. The van der Waals surface area contributed by atoms with Gasteiger partial charge in [0.2, 0.25) is 5.91 Å². The summed E-state index contributed by atoms with van der Waals surface area (Å²) < 4.78 is 5.51. The number of amides is 1. The zero-order valence-corrected chi connectivity index (χ0v) is 26.8. The van der Waals surface area contributed by atoms with Crippen molar-refractivity contribution < 1.29 is 14.3 Å². The van der Waals surface area contributed by atoms with E-state index in [1.807, 2.05) is 44.2 Å². The van der Waals surface area contributed by atoms with Crippen molar-refractivity contribution in [2.75, 3.05) is 12.3 Å². The zero-order chi connectivity index (χ0) is 29.3. The molecule has 40 heavy (non-hydrogen) atoms. The molecule has 0 aliphatic carbocycles. The highest BCUT2D eigenvalue weighted by Gasteiger charge is 2.26. The van der Waals surface area contributed by atoms with Crippen molar-refractivity contribution in [1.82, 2.24) is 10.6 Å². The minimum absolute atomic E-state index is 0.186. The Morgan fingerprint density at radius 2 is 1.25 bits per heavy atom. The maximum absolute atomic E-state index is 12.9. The third-order valence-electron chi connectivity index (χ3n) is 7.45. The normalized spacial score (nSPS) is 12.8. The van der Waals surface area contributed by atoms with Crippen LogP contribution in [0.5, 0.6) is 0 Å². The first-order chi connectivity index (χ1) is 19.5. The van der Waals surface area contributed by atoms with Crippen LogP contribution >= 0.6 is 12.6 Å². The van der Waals surface area contributed by atoms with Crippen LogP contribution in [0, 0.1) is 5.92 Å². The molecule has 0 saturated carbocycles. The number of rotatable bonds is 26. The van der Waals surface area contributed by atoms with E-state index in [1.165, 1.54) is 96.3 Å². The van der Waals surface area contributed by atoms with Gasteiger partial charge in [-0.25, -0.2) is 4.79 Å². The summed E-state index contributed by atoms with van der Waals surface area (Å²) in [6, 6.07) is 8.52. The number of hydrogen-bond donors (Lipinski definition) is 3. The van der Waals surface area contributed by atoms with E-state index in [9.17, 15) is 9.59 Å². The van der Waals surface area contributed by atoms with E-state index >= 15 is 0 Å². The van der Waals surface area contributed by atoms with Crippen molar-refractivity contribution in [2.45, 2.75) is 149 Å². The van der Waals surface area contributed by atoms with Gasteiger partial charge in [-0.1, -0.05) is 147 Å². The first kappa shape index (κ1) is 36.5. The Balaban J connectivity index is 2.14. The maximum Gasteiger partial charge on any atom is 0.328 e. The number of nitrogens with one attached hydrogen (secondary N) is 2. The van der Waals surface area contributed by atoms with Crippen LogP contribution in [0.3, 0.4) is 0 Å². The number of hydrogen-bond acceptors (Lipinski definition) is 5. The second kappa shape index (κ2) is 25.2. The molecule has 1 rings (SSSR count). The average Bonchev–Trinajstić information content (AvgIpc) is 2.95. The summed E-state index contributed by atoms with van der Waals surface area (Å²) in [5.41, 5.74) is 0.930. The fourth-order valence-corrected chi connectivity index (χ4v) is 5.27. The third-order valence-corrected chi connectivity index (χ3v) is 7.82. The standard InChI is InChI=1S/C34H60N2O3S/c1-4-5-6-7-8-9-10-11-12-13-14-15-16-17-18-22-25-35-32(28-40)33(37)36-31(26-29(2)3)34(38)39-27-30-23-20-19-21-24-30/h19-21,23-24,29,31-32,35,40H,4-18,22,25-28H2,1-3H3,(H,36,37)/t31-,32+/m0/s1. The molecule has 5 nitrogen and oxygen atoms in total. The van der Waals surface area contributed by atoms with Crippen LogP contribution in [0.1, 0.15) is 135 Å². The average molecular weight is 577 g/mol. The molecule has 0 bridgehead atoms. The van der Waals surface area contributed by atoms with Crippen LogP contribution < -0.4 is 10.6 Å². The van der Waals surface area contributed by atoms with E-state index < -0.39 is 12.1 Å². The van der Waals surface area contributed by atoms with Gasteiger partial charge >= 0.3 is 5.97 Å². The number of benzene rings is 1. The van der Waals surface area contributed by atoms with Crippen LogP contribution in [0.15, 0.2) is 30.3 Å². The molecule has 1 aromatic carbocycles. The Labute approximate surface area is 251 Å². The van der Waals surface area contributed by atoms with Crippen molar-refractivity contribution in [1.29, 1.82) is 0 Å². The quantitative estimate of drug-likeness (QED) is 0.0588. The molecule has 230 valence electrons. The molecule has 0 unspecified atom stereocenters. The number of esters is 1. The second-order valence-corrected chi connectivity index (χ2v) is 12.1. The lowest BCUT2D eigenvalue weighted by atomic mass is 10.0. The van der Waals surface area contributed by atoms with Crippen LogP contribution in [0.25, 0.3) is 0 Å². The van der Waals surface area contributed by atoms with E-state index in [0.29, 0.717) is 12.2 Å². The lowest BCUT2D eigenvalue weighted by molar-refractivity contribution is -0.149. The highest BCUT2D eigenvalue weighted by Crippen LogP contribution is 2.14. The smallest absolute Gasteiger partial charge is 0.328 e. The molecule has 0 saturated heterocycles. The monoisotopic (exact) mass is 576 g/mol. The lowest BCUT2D eigenvalue weighted by Gasteiger charge is -2.23. The van der Waals surface area contributed by atoms with Gasteiger partial charge in [-0.05, 0) is 30.9 Å². The summed E-state index contributed by atoms with van der Waals surface area (Å²) in [6.07, 6.45) is 22.1. The van der Waals surface area contributed by atoms with Gasteiger partial charge in [0.1, 0.15) is 12.6 Å². The van der Waals surface area contributed by atoms with Crippen molar-refractivity contribution in [3.05, 3.63) is 35.9 Å². The molecule has 6 heteroatoms. The predicted molar refractivity (Wildman–Crippen MR) is 173 cm³/mol. The van der Waals surface area contributed by atoms with Gasteiger partial charge in [0.25, 0.3) is 0 Å². The molecule has 0 radical (unpaired) electrons. The summed E-state index contributed by atoms with van der Waals surface area (Å²) in [4.78, 5) is 25.7. The Bertz CT molecular complexity index is 744. The molecule has 2 N–H and O–H groups in total. The Kier molecular flexibility index (Phi) is 23.0. The van der Waals surface area contributed by atoms with Crippen molar-refractivity contribution in [3.63, 3.8) is 0 Å². The Morgan fingerprint density at radius 1 is 0.750 bits per heavy atom. The zero-order valence-electron chi connectivity index (χ0n) is 25.9. The summed E-state index contributed by atoms with van der Waals surface area (Å²) in [6.45, 7) is 7.34. The van der Waals surface area contributed by atoms with Gasteiger partial charge in [0.05, 0.1) is 6.04 Å². The summed E-state index contributed by atoms with van der Waals surface area (Å²) >= 11 is 4.38. The van der Waals surface area contributed by atoms with E-state index in [2.05, 4.69) is 30.2 Å². The highest BCUT2D eigenvalue weighted by molar-refractivity contribution is 7.80. The first-order valence-corrected chi connectivity index (χ1v) is 17.0. The molecule has 0 aromatic heterocycles. The van der Waals surface area contributed by atoms with Gasteiger partial charge in [0, 0.05) is 5.75 Å². The van der Waals surface area contributed by atoms with Crippen LogP contribution in [-0.2, 0) is 20.9 Å². The molecule has 2 atom stereocenters. The fourth-order valence-electron chi connectivity index (χ4n) is 4.98. The Morgan fingerprint density at radius 3 is 1.73 bits per heavy atom. The molecule has 1 amide bonds. The molecule has 0 heterocycles. The minimum atomic E-state index is -0.657. The highest BCUT2D eigenvalue weighted by atomic mass is 32.1. The van der Waals surface area contributed by atoms with Crippen molar-refractivity contribution in [2.24, 2.45) is 5.92 Å². The predicted octanol–water partition coefficient (Wildman–Crippen LogP) is 8.41. The number of unbranched alkanes of at least 4 members (excludes halogenated alkanes) is 15. The van der Waals surface area contributed by atoms with Crippen molar-refractivity contribution >= 4 is 24.5 Å². The SMILES string of the molecule is CCCCCCCCCCCCCCCCCCN[C@H](CS)C(=O)N[C@@H](CC(C)C)C(=O)OCc1ccccc1. The van der Waals surface area contributed by atoms with E-state index in [1.54, 1.807) is 0 Å². The Hall–Kier alpha value is -1.53. The van der Waals surface area contributed by atoms with E-state index in [0.717, 1.165) is 18.5 Å². The second-order valence-electron chi connectivity index (χ2n) is 11.8. The van der Waals surface area contributed by atoms with E-state index in [-0.39, 0.29) is 24.4 Å². The lowest BCUT2D eigenvalue weighted by Crippen LogP contribution is -2.52. The summed E-state index contributed by atoms with van der Waals surface area (Å²) in [5, 5.41) is 6.25. The largest absolute Gasteiger partial charge is 0.459 e. The molecule has 0 aliphatic heterocycles. The molecule has 0 fully saturated rings. The first-order valence-electron chi connectivity index (χ1n) is 16.3. The summed E-state index contributed by atoms with van der Waals surface area (Å²) in [5.74, 6) is 0.0653. The van der Waals surface area contributed by atoms with Crippen molar-refractivity contribution in [3.8, 4) is 0 Å². The number of ether oxygens (including phenoxy) is 1. The molecular weight excluding hydrogens is 516 g/mol.